The van der Waals surface area contributed by atoms with Gasteiger partial charge in [-0.2, -0.15) is 0 Å². The van der Waals surface area contributed by atoms with Crippen molar-refractivity contribution in [1.82, 2.24) is 0 Å². The van der Waals surface area contributed by atoms with Crippen LogP contribution in [0.4, 0.5) is 5.69 Å². The van der Waals surface area contributed by atoms with E-state index in [1.807, 2.05) is 24.3 Å². The highest BCUT2D eigenvalue weighted by atomic mass is 35.5. The molecule has 0 aliphatic carbocycles. The van der Waals surface area contributed by atoms with E-state index >= 15 is 0 Å². The Morgan fingerprint density at radius 3 is 2.68 bits per heavy atom. The van der Waals surface area contributed by atoms with E-state index in [-0.39, 0.29) is 12.5 Å². The summed E-state index contributed by atoms with van der Waals surface area (Å²) in [5.41, 5.74) is 1.63. The molecular weight excluding hydrogens is 321 g/mol. The van der Waals surface area contributed by atoms with Crippen LogP contribution < -0.4 is 10.1 Å². The van der Waals surface area contributed by atoms with Gasteiger partial charge in [-0.1, -0.05) is 49.2 Å². The van der Waals surface area contributed by atoms with Crippen molar-refractivity contribution in [2.24, 2.45) is 0 Å². The molecule has 0 atom stereocenters. The highest BCUT2D eigenvalue weighted by molar-refractivity contribution is 6.35. The number of benzene rings is 2. The predicted molar refractivity (Wildman–Crippen MR) is 91.1 cm³/mol. The number of halogens is 2. The molecule has 1 amide bonds. The first-order valence-electron chi connectivity index (χ1n) is 6.93. The fourth-order valence-corrected chi connectivity index (χ4v) is 2.23. The van der Waals surface area contributed by atoms with Crippen molar-refractivity contribution in [3.63, 3.8) is 0 Å². The second-order valence-electron chi connectivity index (χ2n) is 5.19. The summed E-state index contributed by atoms with van der Waals surface area (Å²) in [7, 11) is 0. The quantitative estimate of drug-likeness (QED) is 0.820. The van der Waals surface area contributed by atoms with E-state index in [1.54, 1.807) is 18.2 Å². The van der Waals surface area contributed by atoms with E-state index in [9.17, 15) is 4.79 Å². The van der Waals surface area contributed by atoms with Crippen LogP contribution in [0.1, 0.15) is 25.3 Å². The topological polar surface area (TPSA) is 38.3 Å². The summed E-state index contributed by atoms with van der Waals surface area (Å²) >= 11 is 11.9. The van der Waals surface area contributed by atoms with Crippen LogP contribution in [0.15, 0.2) is 42.5 Å². The maximum Gasteiger partial charge on any atom is 0.262 e. The second-order valence-corrected chi connectivity index (χ2v) is 6.03. The first-order chi connectivity index (χ1) is 10.5. The summed E-state index contributed by atoms with van der Waals surface area (Å²) in [6.07, 6.45) is 0. The minimum absolute atomic E-state index is 0.0929. The molecule has 2 aromatic carbocycles. The van der Waals surface area contributed by atoms with Crippen molar-refractivity contribution in [1.29, 1.82) is 0 Å². The van der Waals surface area contributed by atoms with Gasteiger partial charge in [0, 0.05) is 5.02 Å². The number of hydrogen-bond acceptors (Lipinski definition) is 2. The average Bonchev–Trinajstić information content (AvgIpc) is 2.49. The molecule has 2 rings (SSSR count). The fraction of sp³-hybridized carbons (Fsp3) is 0.235. The number of carbonyl (C=O) groups is 1. The van der Waals surface area contributed by atoms with Gasteiger partial charge in [0.05, 0.1) is 10.7 Å². The summed E-state index contributed by atoms with van der Waals surface area (Å²) in [5, 5.41) is 3.61. The van der Waals surface area contributed by atoms with Crippen molar-refractivity contribution < 1.29 is 9.53 Å². The normalized spacial score (nSPS) is 10.6. The van der Waals surface area contributed by atoms with Gasteiger partial charge in [0.25, 0.3) is 5.91 Å². The van der Waals surface area contributed by atoms with Gasteiger partial charge in [-0.25, -0.2) is 0 Å². The van der Waals surface area contributed by atoms with E-state index in [4.69, 9.17) is 27.9 Å². The molecule has 0 spiro atoms. The first-order valence-corrected chi connectivity index (χ1v) is 7.69. The van der Waals surface area contributed by atoms with Crippen LogP contribution in [-0.2, 0) is 4.79 Å². The molecule has 3 nitrogen and oxygen atoms in total. The Labute approximate surface area is 140 Å². The Kier molecular flexibility index (Phi) is 5.69. The number of carbonyl (C=O) groups excluding carboxylic acids is 1. The summed E-state index contributed by atoms with van der Waals surface area (Å²) in [6, 6.07) is 12.6. The summed E-state index contributed by atoms with van der Waals surface area (Å²) < 4.78 is 5.51. The molecule has 0 saturated carbocycles. The van der Waals surface area contributed by atoms with Crippen LogP contribution in [0.25, 0.3) is 0 Å². The molecule has 0 heterocycles. The highest BCUT2D eigenvalue weighted by Gasteiger charge is 2.08. The number of rotatable bonds is 5. The van der Waals surface area contributed by atoms with Gasteiger partial charge < -0.3 is 10.1 Å². The monoisotopic (exact) mass is 337 g/mol. The standard InChI is InChI=1S/C17H17Cl2NO2/c1-11(2)12-4-3-5-14(8-12)22-10-17(21)20-16-9-13(18)6-7-15(16)19/h3-9,11H,10H2,1-2H3,(H,20,21). The molecule has 0 saturated heterocycles. The van der Waals surface area contributed by atoms with Crippen molar-refractivity contribution in [2.75, 3.05) is 11.9 Å². The Hall–Kier alpha value is -1.71. The van der Waals surface area contributed by atoms with E-state index in [2.05, 4.69) is 19.2 Å². The van der Waals surface area contributed by atoms with Crippen molar-refractivity contribution >= 4 is 34.8 Å². The number of amides is 1. The van der Waals surface area contributed by atoms with Gasteiger partial charge in [0.1, 0.15) is 5.75 Å². The summed E-state index contributed by atoms with van der Waals surface area (Å²) in [6.45, 7) is 4.12. The lowest BCUT2D eigenvalue weighted by Gasteiger charge is -2.11. The molecular formula is C17H17Cl2NO2. The Morgan fingerprint density at radius 1 is 1.18 bits per heavy atom. The summed E-state index contributed by atoms with van der Waals surface area (Å²) in [4.78, 5) is 11.9. The molecule has 0 aliphatic rings. The molecule has 0 aliphatic heterocycles. The zero-order chi connectivity index (χ0) is 16.1. The summed E-state index contributed by atoms with van der Waals surface area (Å²) in [5.74, 6) is 0.778. The molecule has 2 aromatic rings. The number of anilines is 1. The maximum absolute atomic E-state index is 11.9. The molecule has 0 aromatic heterocycles. The molecule has 1 N–H and O–H groups in total. The molecule has 116 valence electrons. The van der Waals surface area contributed by atoms with E-state index in [1.165, 1.54) is 0 Å². The van der Waals surface area contributed by atoms with Gasteiger partial charge in [0.2, 0.25) is 0 Å². The van der Waals surface area contributed by atoms with E-state index in [0.29, 0.717) is 27.4 Å². The molecule has 0 bridgehead atoms. The molecule has 0 fully saturated rings. The number of hydrogen-bond donors (Lipinski definition) is 1. The average molecular weight is 338 g/mol. The van der Waals surface area contributed by atoms with Crippen LogP contribution in [0.2, 0.25) is 10.0 Å². The Balaban J connectivity index is 1.95. The lowest BCUT2D eigenvalue weighted by atomic mass is 10.0. The first kappa shape index (κ1) is 16.7. The van der Waals surface area contributed by atoms with Crippen molar-refractivity contribution in [3.05, 3.63) is 58.1 Å². The van der Waals surface area contributed by atoms with Gasteiger partial charge in [-0.05, 0) is 41.8 Å². The van der Waals surface area contributed by atoms with Gasteiger partial charge in [-0.15, -0.1) is 0 Å². The molecule has 22 heavy (non-hydrogen) atoms. The smallest absolute Gasteiger partial charge is 0.262 e. The predicted octanol–water partition coefficient (Wildman–Crippen LogP) is 5.13. The third-order valence-corrected chi connectivity index (χ3v) is 3.66. The lowest BCUT2D eigenvalue weighted by molar-refractivity contribution is -0.118. The highest BCUT2D eigenvalue weighted by Crippen LogP contribution is 2.25. The Bertz CT molecular complexity index is 671. The van der Waals surface area contributed by atoms with Gasteiger partial charge >= 0.3 is 0 Å². The van der Waals surface area contributed by atoms with Crippen molar-refractivity contribution in [2.45, 2.75) is 19.8 Å². The minimum Gasteiger partial charge on any atom is -0.484 e. The fourth-order valence-electron chi connectivity index (χ4n) is 1.89. The van der Waals surface area contributed by atoms with Crippen LogP contribution in [0.5, 0.6) is 5.75 Å². The Morgan fingerprint density at radius 2 is 1.95 bits per heavy atom. The van der Waals surface area contributed by atoms with Crippen LogP contribution >= 0.6 is 23.2 Å². The second kappa shape index (κ2) is 7.52. The number of ether oxygens (including phenoxy) is 1. The zero-order valence-corrected chi connectivity index (χ0v) is 13.9. The van der Waals surface area contributed by atoms with Crippen LogP contribution in [0, 0.1) is 0 Å². The lowest BCUT2D eigenvalue weighted by Crippen LogP contribution is -2.20. The molecule has 5 heteroatoms. The third-order valence-electron chi connectivity index (χ3n) is 3.10. The van der Waals surface area contributed by atoms with Gasteiger partial charge in [-0.3, -0.25) is 4.79 Å². The number of nitrogens with one attached hydrogen (secondary N) is 1. The van der Waals surface area contributed by atoms with Crippen LogP contribution in [0.3, 0.4) is 0 Å². The van der Waals surface area contributed by atoms with Crippen LogP contribution in [-0.4, -0.2) is 12.5 Å². The molecule has 0 unspecified atom stereocenters. The van der Waals surface area contributed by atoms with E-state index in [0.717, 1.165) is 5.56 Å². The third kappa shape index (κ3) is 4.65. The van der Waals surface area contributed by atoms with E-state index < -0.39 is 0 Å². The zero-order valence-electron chi connectivity index (χ0n) is 12.4. The molecule has 0 radical (unpaired) electrons. The van der Waals surface area contributed by atoms with Gasteiger partial charge in [0.15, 0.2) is 6.61 Å². The van der Waals surface area contributed by atoms with Crippen molar-refractivity contribution in [3.8, 4) is 5.75 Å². The maximum atomic E-state index is 11.9. The largest absolute Gasteiger partial charge is 0.484 e. The minimum atomic E-state index is -0.292. The SMILES string of the molecule is CC(C)c1cccc(OCC(=O)Nc2cc(Cl)ccc2Cl)c1.